The minimum atomic E-state index is 0.814. The van der Waals surface area contributed by atoms with Crippen LogP contribution in [0.25, 0.3) is 0 Å². The molecule has 116 valence electrons. The highest BCUT2D eigenvalue weighted by Crippen LogP contribution is 2.37. The van der Waals surface area contributed by atoms with Gasteiger partial charge < -0.3 is 19.5 Å². The predicted molar refractivity (Wildman–Crippen MR) is 81.1 cm³/mol. The van der Waals surface area contributed by atoms with Gasteiger partial charge in [-0.1, -0.05) is 0 Å². The first kappa shape index (κ1) is 14.6. The first-order valence-electron chi connectivity index (χ1n) is 7.60. The zero-order valence-corrected chi connectivity index (χ0v) is 12.9. The van der Waals surface area contributed by atoms with Gasteiger partial charge in [0.2, 0.25) is 0 Å². The highest BCUT2D eigenvalue weighted by molar-refractivity contribution is 5.54. The molecule has 1 aromatic carbocycles. The molecule has 0 amide bonds. The van der Waals surface area contributed by atoms with Gasteiger partial charge in [0.05, 0.1) is 27.4 Å². The van der Waals surface area contributed by atoms with Crippen molar-refractivity contribution >= 4 is 0 Å². The lowest BCUT2D eigenvalue weighted by molar-refractivity contribution is 0.0338. The molecule has 5 nitrogen and oxygen atoms in total. The average Bonchev–Trinajstić information content (AvgIpc) is 2.55. The number of methoxy groups -OCH3 is 2. The van der Waals surface area contributed by atoms with E-state index in [1.54, 1.807) is 14.2 Å². The van der Waals surface area contributed by atoms with Crippen molar-refractivity contribution in [2.24, 2.45) is 0 Å². The van der Waals surface area contributed by atoms with Gasteiger partial charge in [0.15, 0.2) is 0 Å². The fourth-order valence-electron chi connectivity index (χ4n) is 3.23. The lowest BCUT2D eigenvalue weighted by Crippen LogP contribution is -2.36. The molecule has 0 bridgehead atoms. The third kappa shape index (κ3) is 3.00. The SMILES string of the molecule is COc1cc(CN2CCOCC2)c(OC)c2c1CNCC2. The second-order valence-corrected chi connectivity index (χ2v) is 5.54. The van der Waals surface area contributed by atoms with E-state index in [4.69, 9.17) is 14.2 Å². The average molecular weight is 292 g/mol. The van der Waals surface area contributed by atoms with Crippen LogP contribution in [0.3, 0.4) is 0 Å². The smallest absolute Gasteiger partial charge is 0.127 e. The minimum absolute atomic E-state index is 0.814. The molecule has 2 aliphatic heterocycles. The molecule has 21 heavy (non-hydrogen) atoms. The number of hydrogen-bond donors (Lipinski definition) is 1. The third-order valence-electron chi connectivity index (χ3n) is 4.31. The summed E-state index contributed by atoms with van der Waals surface area (Å²) in [5, 5.41) is 3.41. The maximum atomic E-state index is 5.74. The molecule has 0 unspecified atom stereocenters. The number of hydrogen-bond acceptors (Lipinski definition) is 5. The Morgan fingerprint density at radius 1 is 1.19 bits per heavy atom. The van der Waals surface area contributed by atoms with Crippen molar-refractivity contribution in [3.63, 3.8) is 0 Å². The third-order valence-corrected chi connectivity index (χ3v) is 4.31. The molecule has 0 saturated carbocycles. The Bertz CT molecular complexity index is 499. The molecule has 0 spiro atoms. The number of benzene rings is 1. The molecule has 1 N–H and O–H groups in total. The summed E-state index contributed by atoms with van der Waals surface area (Å²) in [4.78, 5) is 2.41. The number of fused-ring (bicyclic) bond motifs is 1. The van der Waals surface area contributed by atoms with Crippen molar-refractivity contribution in [1.82, 2.24) is 10.2 Å². The number of nitrogens with zero attached hydrogens (tertiary/aromatic N) is 1. The first-order chi connectivity index (χ1) is 10.3. The van der Waals surface area contributed by atoms with Crippen LogP contribution in [0.4, 0.5) is 0 Å². The highest BCUT2D eigenvalue weighted by Gasteiger charge is 2.23. The van der Waals surface area contributed by atoms with Crippen LogP contribution >= 0.6 is 0 Å². The lowest BCUT2D eigenvalue weighted by atomic mass is 9.95. The van der Waals surface area contributed by atoms with Crippen molar-refractivity contribution in [3.05, 3.63) is 22.8 Å². The monoisotopic (exact) mass is 292 g/mol. The second kappa shape index (κ2) is 6.64. The van der Waals surface area contributed by atoms with Gasteiger partial charge in [-0.25, -0.2) is 0 Å². The number of ether oxygens (including phenoxy) is 3. The van der Waals surface area contributed by atoms with Crippen LogP contribution in [0.2, 0.25) is 0 Å². The van der Waals surface area contributed by atoms with Crippen LogP contribution in [-0.4, -0.2) is 52.0 Å². The maximum Gasteiger partial charge on any atom is 0.127 e. The number of morpholine rings is 1. The Kier molecular flexibility index (Phi) is 4.63. The van der Waals surface area contributed by atoms with E-state index in [0.717, 1.165) is 63.9 Å². The second-order valence-electron chi connectivity index (χ2n) is 5.54. The standard InChI is InChI=1S/C16H24N2O3/c1-19-15-9-12(11-18-5-7-21-8-6-18)16(20-2)13-3-4-17-10-14(13)15/h9,17H,3-8,10-11H2,1-2H3. The van der Waals surface area contributed by atoms with Crippen molar-refractivity contribution < 1.29 is 14.2 Å². The van der Waals surface area contributed by atoms with Gasteiger partial charge in [0.25, 0.3) is 0 Å². The van der Waals surface area contributed by atoms with E-state index in [1.165, 1.54) is 16.7 Å². The summed E-state index contributed by atoms with van der Waals surface area (Å²) in [6.07, 6.45) is 0.992. The van der Waals surface area contributed by atoms with Crippen molar-refractivity contribution in [2.45, 2.75) is 19.5 Å². The Labute approximate surface area is 126 Å². The quantitative estimate of drug-likeness (QED) is 0.903. The predicted octanol–water partition coefficient (Wildman–Crippen LogP) is 1.18. The molecule has 0 radical (unpaired) electrons. The normalized spacial score (nSPS) is 19.1. The van der Waals surface area contributed by atoms with Crippen LogP contribution in [0.15, 0.2) is 6.07 Å². The maximum absolute atomic E-state index is 5.74. The van der Waals surface area contributed by atoms with Gasteiger partial charge in [0.1, 0.15) is 11.5 Å². The topological polar surface area (TPSA) is 43.0 Å². The van der Waals surface area contributed by atoms with E-state index < -0.39 is 0 Å². The Balaban J connectivity index is 1.94. The van der Waals surface area contributed by atoms with E-state index in [0.29, 0.717) is 0 Å². The number of nitrogens with one attached hydrogen (secondary N) is 1. The van der Waals surface area contributed by atoms with Crippen molar-refractivity contribution in [2.75, 3.05) is 47.1 Å². The molecule has 2 aliphatic rings. The molecule has 5 heteroatoms. The van der Waals surface area contributed by atoms with E-state index in [1.807, 2.05) is 0 Å². The molecule has 0 atom stereocenters. The molecule has 0 aromatic heterocycles. The van der Waals surface area contributed by atoms with Gasteiger partial charge in [0, 0.05) is 42.9 Å². The van der Waals surface area contributed by atoms with E-state index in [-0.39, 0.29) is 0 Å². The van der Waals surface area contributed by atoms with Gasteiger partial charge in [-0.2, -0.15) is 0 Å². The largest absolute Gasteiger partial charge is 0.496 e. The molecule has 0 aliphatic carbocycles. The van der Waals surface area contributed by atoms with Gasteiger partial charge in [-0.3, -0.25) is 4.90 Å². The van der Waals surface area contributed by atoms with Crippen molar-refractivity contribution in [1.29, 1.82) is 0 Å². The van der Waals surface area contributed by atoms with E-state index in [2.05, 4.69) is 16.3 Å². The zero-order valence-electron chi connectivity index (χ0n) is 12.9. The molecule has 3 rings (SSSR count). The summed E-state index contributed by atoms with van der Waals surface area (Å²) in [6, 6.07) is 2.14. The van der Waals surface area contributed by atoms with Crippen LogP contribution < -0.4 is 14.8 Å². The van der Waals surface area contributed by atoms with Crippen LogP contribution in [0.5, 0.6) is 11.5 Å². The van der Waals surface area contributed by atoms with Crippen LogP contribution in [0, 0.1) is 0 Å². The van der Waals surface area contributed by atoms with Crippen LogP contribution in [-0.2, 0) is 24.2 Å². The molecular formula is C16H24N2O3. The molecule has 1 aromatic rings. The van der Waals surface area contributed by atoms with Gasteiger partial charge >= 0.3 is 0 Å². The summed E-state index contributed by atoms with van der Waals surface area (Å²) in [6.45, 7) is 6.32. The van der Waals surface area contributed by atoms with Crippen LogP contribution in [0.1, 0.15) is 16.7 Å². The van der Waals surface area contributed by atoms with Crippen molar-refractivity contribution in [3.8, 4) is 11.5 Å². The summed E-state index contributed by atoms with van der Waals surface area (Å²) in [5.74, 6) is 2.01. The van der Waals surface area contributed by atoms with Gasteiger partial charge in [-0.05, 0) is 19.0 Å². The zero-order chi connectivity index (χ0) is 14.7. The molecular weight excluding hydrogens is 268 g/mol. The molecule has 1 fully saturated rings. The number of rotatable bonds is 4. The Hall–Kier alpha value is -1.30. The molecule has 1 saturated heterocycles. The van der Waals surface area contributed by atoms with Gasteiger partial charge in [-0.15, -0.1) is 0 Å². The van der Waals surface area contributed by atoms with E-state index >= 15 is 0 Å². The fourth-order valence-corrected chi connectivity index (χ4v) is 3.23. The summed E-state index contributed by atoms with van der Waals surface area (Å²) in [5.41, 5.74) is 3.77. The molecule has 2 heterocycles. The lowest BCUT2D eigenvalue weighted by Gasteiger charge is -2.29. The fraction of sp³-hybridized carbons (Fsp3) is 0.625. The summed E-state index contributed by atoms with van der Waals surface area (Å²) < 4.78 is 16.8. The highest BCUT2D eigenvalue weighted by atomic mass is 16.5. The Morgan fingerprint density at radius 3 is 2.71 bits per heavy atom. The van der Waals surface area contributed by atoms with E-state index in [9.17, 15) is 0 Å². The Morgan fingerprint density at radius 2 is 2.00 bits per heavy atom. The first-order valence-corrected chi connectivity index (χ1v) is 7.60. The minimum Gasteiger partial charge on any atom is -0.496 e. The summed E-state index contributed by atoms with van der Waals surface area (Å²) >= 11 is 0. The summed E-state index contributed by atoms with van der Waals surface area (Å²) in [7, 11) is 3.52.